The molecule has 0 bridgehead atoms. The maximum absolute atomic E-state index is 13.1. The summed E-state index contributed by atoms with van der Waals surface area (Å²) in [6.07, 6.45) is 0.309. The molecule has 5 nitrogen and oxygen atoms in total. The SMILES string of the molecule is CCCCN1C(=O)C(O)C(C(=O)OCC)C1c1c2ccccc2cc2ccccc12. The molecular weight excluding hydrogens is 378 g/mol. The zero-order valence-corrected chi connectivity index (χ0v) is 17.4. The third kappa shape index (κ3) is 3.33. The first-order valence-corrected chi connectivity index (χ1v) is 10.6. The summed E-state index contributed by atoms with van der Waals surface area (Å²) in [6.45, 7) is 4.49. The Morgan fingerprint density at radius 2 is 1.63 bits per heavy atom. The smallest absolute Gasteiger partial charge is 0.314 e. The van der Waals surface area contributed by atoms with Crippen molar-refractivity contribution in [1.82, 2.24) is 4.90 Å². The van der Waals surface area contributed by atoms with Crippen molar-refractivity contribution >= 4 is 33.4 Å². The van der Waals surface area contributed by atoms with Gasteiger partial charge in [0.2, 0.25) is 0 Å². The summed E-state index contributed by atoms with van der Waals surface area (Å²) in [6, 6.07) is 17.5. The molecule has 1 fully saturated rings. The maximum atomic E-state index is 13.1. The molecule has 0 saturated carbocycles. The lowest BCUT2D eigenvalue weighted by atomic mass is 9.85. The van der Waals surface area contributed by atoms with Crippen molar-refractivity contribution < 1.29 is 19.4 Å². The molecular formula is C25H27NO4. The van der Waals surface area contributed by atoms with Gasteiger partial charge in [0, 0.05) is 6.54 Å². The van der Waals surface area contributed by atoms with Gasteiger partial charge < -0.3 is 14.7 Å². The molecule has 1 amide bonds. The highest BCUT2D eigenvalue weighted by molar-refractivity contribution is 6.04. The second-order valence-electron chi connectivity index (χ2n) is 7.79. The number of unbranched alkanes of at least 4 members (excludes halogenated alkanes) is 1. The van der Waals surface area contributed by atoms with Crippen LogP contribution in [-0.2, 0) is 14.3 Å². The zero-order chi connectivity index (χ0) is 21.3. The molecule has 3 aromatic carbocycles. The summed E-state index contributed by atoms with van der Waals surface area (Å²) in [5.41, 5.74) is 0.905. The molecule has 0 spiro atoms. The number of rotatable bonds is 6. The number of carbonyl (C=O) groups excluding carboxylic acids is 2. The van der Waals surface area contributed by atoms with E-state index in [0.29, 0.717) is 6.54 Å². The van der Waals surface area contributed by atoms with Gasteiger partial charge in [0.15, 0.2) is 0 Å². The monoisotopic (exact) mass is 405 g/mol. The molecule has 0 aliphatic carbocycles. The highest BCUT2D eigenvalue weighted by Crippen LogP contribution is 2.45. The van der Waals surface area contributed by atoms with Crippen molar-refractivity contribution in [2.75, 3.05) is 13.2 Å². The molecule has 3 atom stereocenters. The number of hydrogen-bond donors (Lipinski definition) is 1. The molecule has 3 unspecified atom stereocenters. The number of ether oxygens (including phenoxy) is 1. The van der Waals surface area contributed by atoms with E-state index in [1.54, 1.807) is 11.8 Å². The summed E-state index contributed by atoms with van der Waals surface area (Å²) >= 11 is 0. The topological polar surface area (TPSA) is 66.8 Å². The van der Waals surface area contributed by atoms with Gasteiger partial charge in [-0.25, -0.2) is 0 Å². The lowest BCUT2D eigenvalue weighted by Gasteiger charge is -2.30. The molecule has 156 valence electrons. The van der Waals surface area contributed by atoms with E-state index in [4.69, 9.17) is 4.74 Å². The minimum Gasteiger partial charge on any atom is -0.466 e. The Labute approximate surface area is 176 Å². The fraction of sp³-hybridized carbons (Fsp3) is 0.360. The summed E-state index contributed by atoms with van der Waals surface area (Å²) in [7, 11) is 0. The van der Waals surface area contributed by atoms with Crippen molar-refractivity contribution in [3.05, 3.63) is 60.2 Å². The Morgan fingerprint density at radius 3 is 2.20 bits per heavy atom. The van der Waals surface area contributed by atoms with E-state index in [1.807, 2.05) is 48.5 Å². The molecule has 0 radical (unpaired) electrons. The van der Waals surface area contributed by atoms with Crippen molar-refractivity contribution in [2.45, 2.75) is 38.8 Å². The van der Waals surface area contributed by atoms with Gasteiger partial charge in [-0.1, -0.05) is 61.9 Å². The van der Waals surface area contributed by atoms with Gasteiger partial charge in [-0.05, 0) is 46.5 Å². The minimum absolute atomic E-state index is 0.203. The molecule has 30 heavy (non-hydrogen) atoms. The normalized spacial score (nSPS) is 21.5. The number of fused-ring (bicyclic) bond motifs is 2. The molecule has 3 aromatic rings. The summed E-state index contributed by atoms with van der Waals surface area (Å²) in [5.74, 6) is -1.88. The number of amides is 1. The second-order valence-corrected chi connectivity index (χ2v) is 7.79. The lowest BCUT2D eigenvalue weighted by molar-refractivity contribution is -0.153. The van der Waals surface area contributed by atoms with Gasteiger partial charge in [0.1, 0.15) is 12.0 Å². The van der Waals surface area contributed by atoms with E-state index < -0.39 is 29.9 Å². The van der Waals surface area contributed by atoms with Crippen LogP contribution in [0, 0.1) is 5.92 Å². The minimum atomic E-state index is -1.40. The third-order valence-electron chi connectivity index (χ3n) is 5.97. The van der Waals surface area contributed by atoms with Crippen molar-refractivity contribution in [2.24, 2.45) is 5.92 Å². The zero-order valence-electron chi connectivity index (χ0n) is 17.4. The summed E-state index contributed by atoms with van der Waals surface area (Å²) < 4.78 is 5.30. The number of aliphatic hydroxyl groups is 1. The van der Waals surface area contributed by atoms with Gasteiger partial charge in [-0.3, -0.25) is 9.59 Å². The van der Waals surface area contributed by atoms with Crippen LogP contribution in [-0.4, -0.2) is 41.1 Å². The summed E-state index contributed by atoms with van der Waals surface area (Å²) in [5, 5.41) is 14.9. The molecule has 1 N–H and O–H groups in total. The van der Waals surface area contributed by atoms with Crippen molar-refractivity contribution in [3.8, 4) is 0 Å². The fourth-order valence-electron chi connectivity index (χ4n) is 4.60. The maximum Gasteiger partial charge on any atom is 0.314 e. The molecule has 0 aromatic heterocycles. The van der Waals surface area contributed by atoms with Crippen LogP contribution in [0.2, 0.25) is 0 Å². The Balaban J connectivity index is 2.00. The van der Waals surface area contributed by atoms with Gasteiger partial charge in [0.05, 0.1) is 12.6 Å². The number of likely N-dealkylation sites (tertiary alicyclic amines) is 1. The summed E-state index contributed by atoms with van der Waals surface area (Å²) in [4.78, 5) is 27.7. The van der Waals surface area contributed by atoms with Gasteiger partial charge in [-0.2, -0.15) is 0 Å². The number of hydrogen-bond acceptors (Lipinski definition) is 4. The standard InChI is InChI=1S/C25H27NO4/c1-3-5-14-26-22(21(23(27)24(26)28)25(29)30-4-2)20-18-12-8-6-10-16(18)15-17-11-7-9-13-19(17)20/h6-13,15,21-23,27H,3-5,14H2,1-2H3. The van der Waals surface area contributed by atoms with Crippen molar-refractivity contribution in [1.29, 1.82) is 0 Å². The first-order valence-electron chi connectivity index (χ1n) is 10.6. The molecule has 1 aliphatic heterocycles. The molecule has 4 rings (SSSR count). The van der Waals surface area contributed by atoms with Crippen LogP contribution >= 0.6 is 0 Å². The van der Waals surface area contributed by atoms with Crippen LogP contribution in [0.3, 0.4) is 0 Å². The number of aliphatic hydroxyl groups excluding tert-OH is 1. The Bertz CT molecular complexity index is 1040. The predicted octanol–water partition coefficient (Wildman–Crippen LogP) is 4.22. The molecule has 1 aliphatic rings. The Morgan fingerprint density at radius 1 is 1.03 bits per heavy atom. The highest BCUT2D eigenvalue weighted by atomic mass is 16.5. The Kier molecular flexibility index (Phi) is 5.73. The third-order valence-corrected chi connectivity index (χ3v) is 5.97. The second kappa shape index (κ2) is 8.44. The molecule has 1 heterocycles. The van der Waals surface area contributed by atoms with E-state index in [9.17, 15) is 14.7 Å². The van der Waals surface area contributed by atoms with Gasteiger partial charge in [0.25, 0.3) is 5.91 Å². The van der Waals surface area contributed by atoms with E-state index in [1.165, 1.54) is 0 Å². The number of nitrogens with zero attached hydrogens (tertiary/aromatic N) is 1. The van der Waals surface area contributed by atoms with Gasteiger partial charge in [-0.15, -0.1) is 0 Å². The number of esters is 1. The van der Waals surface area contributed by atoms with E-state index in [0.717, 1.165) is 39.9 Å². The van der Waals surface area contributed by atoms with Crippen LogP contribution < -0.4 is 0 Å². The highest BCUT2D eigenvalue weighted by Gasteiger charge is 2.52. The van der Waals surface area contributed by atoms with Crippen molar-refractivity contribution in [3.63, 3.8) is 0 Å². The lowest BCUT2D eigenvalue weighted by Crippen LogP contribution is -2.32. The van der Waals surface area contributed by atoms with E-state index in [2.05, 4.69) is 13.0 Å². The number of carbonyl (C=O) groups is 2. The first-order chi connectivity index (χ1) is 14.6. The van der Waals surface area contributed by atoms with Crippen LogP contribution in [0.1, 0.15) is 38.3 Å². The van der Waals surface area contributed by atoms with Crippen LogP contribution in [0.25, 0.3) is 21.5 Å². The first kappa shape index (κ1) is 20.4. The predicted molar refractivity (Wildman–Crippen MR) is 117 cm³/mol. The van der Waals surface area contributed by atoms with E-state index in [-0.39, 0.29) is 6.61 Å². The molecule has 1 saturated heterocycles. The Hall–Kier alpha value is -2.92. The largest absolute Gasteiger partial charge is 0.466 e. The van der Waals surface area contributed by atoms with Crippen LogP contribution in [0.5, 0.6) is 0 Å². The average Bonchev–Trinajstić information content (AvgIpc) is 3.00. The van der Waals surface area contributed by atoms with Gasteiger partial charge >= 0.3 is 5.97 Å². The van der Waals surface area contributed by atoms with Crippen LogP contribution in [0.4, 0.5) is 0 Å². The van der Waals surface area contributed by atoms with Crippen LogP contribution in [0.15, 0.2) is 54.6 Å². The molecule has 5 heteroatoms. The quantitative estimate of drug-likeness (QED) is 0.493. The fourth-order valence-corrected chi connectivity index (χ4v) is 4.60. The average molecular weight is 405 g/mol. The number of benzene rings is 3. The van der Waals surface area contributed by atoms with E-state index >= 15 is 0 Å².